The minimum absolute atomic E-state index is 0.0673. The molecule has 2 aromatic carbocycles. The van der Waals surface area contributed by atoms with E-state index in [1.54, 1.807) is 4.90 Å². The summed E-state index contributed by atoms with van der Waals surface area (Å²) in [5.41, 5.74) is 0.989. The first-order valence-electron chi connectivity index (χ1n) is 11.1. The van der Waals surface area contributed by atoms with Crippen molar-refractivity contribution < 1.29 is 14.3 Å². The van der Waals surface area contributed by atoms with Crippen LogP contribution >= 0.6 is 15.9 Å². The molecule has 0 unspecified atom stereocenters. The SMILES string of the molecule is CC[C@@H](C(=O)NC1CCCCC1)N(Cc1ccccc1)C(=O)COc1ccc(Br)cc1. The predicted octanol–water partition coefficient (Wildman–Crippen LogP) is 5.08. The van der Waals surface area contributed by atoms with Gasteiger partial charge >= 0.3 is 0 Å². The highest BCUT2D eigenvalue weighted by Gasteiger charge is 2.30. The predicted molar refractivity (Wildman–Crippen MR) is 126 cm³/mol. The van der Waals surface area contributed by atoms with Crippen molar-refractivity contribution in [3.63, 3.8) is 0 Å². The maximum absolute atomic E-state index is 13.2. The molecule has 1 aliphatic carbocycles. The number of halogens is 1. The maximum atomic E-state index is 13.2. The highest BCUT2D eigenvalue weighted by Crippen LogP contribution is 2.20. The van der Waals surface area contributed by atoms with Crippen molar-refractivity contribution in [2.45, 2.75) is 64.1 Å². The number of hydrogen-bond donors (Lipinski definition) is 1. The molecule has 0 spiro atoms. The quantitative estimate of drug-likeness (QED) is 0.537. The van der Waals surface area contributed by atoms with Crippen LogP contribution < -0.4 is 10.1 Å². The van der Waals surface area contributed by atoms with Crippen LogP contribution in [0.2, 0.25) is 0 Å². The van der Waals surface area contributed by atoms with Gasteiger partial charge in [-0.05, 0) is 49.1 Å². The number of amides is 2. The van der Waals surface area contributed by atoms with Crippen LogP contribution in [0.4, 0.5) is 0 Å². The van der Waals surface area contributed by atoms with Crippen LogP contribution in [0.15, 0.2) is 59.1 Å². The van der Waals surface area contributed by atoms with Crippen LogP contribution in [-0.2, 0) is 16.1 Å². The lowest BCUT2D eigenvalue weighted by Crippen LogP contribution is -2.52. The fourth-order valence-corrected chi connectivity index (χ4v) is 4.27. The summed E-state index contributed by atoms with van der Waals surface area (Å²) in [5, 5.41) is 3.19. The van der Waals surface area contributed by atoms with Gasteiger partial charge in [-0.1, -0.05) is 72.4 Å². The Morgan fingerprint density at radius 1 is 1.06 bits per heavy atom. The normalized spacial score (nSPS) is 15.2. The van der Waals surface area contributed by atoms with Crippen molar-refractivity contribution >= 4 is 27.7 Å². The van der Waals surface area contributed by atoms with Crippen LogP contribution in [0.5, 0.6) is 5.75 Å². The molecule has 3 rings (SSSR count). The Hall–Kier alpha value is -2.34. The lowest BCUT2D eigenvalue weighted by Gasteiger charge is -2.32. The number of hydrogen-bond acceptors (Lipinski definition) is 3. The Morgan fingerprint density at radius 2 is 1.74 bits per heavy atom. The molecular formula is C25H31BrN2O3. The van der Waals surface area contributed by atoms with E-state index >= 15 is 0 Å². The highest BCUT2D eigenvalue weighted by atomic mass is 79.9. The van der Waals surface area contributed by atoms with E-state index in [2.05, 4.69) is 21.2 Å². The van der Waals surface area contributed by atoms with E-state index < -0.39 is 6.04 Å². The van der Waals surface area contributed by atoms with Crippen molar-refractivity contribution in [3.05, 3.63) is 64.6 Å². The Kier molecular flexibility index (Phi) is 8.95. The van der Waals surface area contributed by atoms with E-state index in [1.165, 1.54) is 6.42 Å². The summed E-state index contributed by atoms with van der Waals surface area (Å²) in [4.78, 5) is 28.0. The highest BCUT2D eigenvalue weighted by molar-refractivity contribution is 9.10. The molecule has 0 radical (unpaired) electrons. The van der Waals surface area contributed by atoms with Crippen molar-refractivity contribution in [3.8, 4) is 5.75 Å². The summed E-state index contributed by atoms with van der Waals surface area (Å²) in [6.45, 7) is 2.22. The third kappa shape index (κ3) is 7.10. The molecule has 1 N–H and O–H groups in total. The molecule has 0 saturated heterocycles. The van der Waals surface area contributed by atoms with Crippen molar-refractivity contribution in [1.29, 1.82) is 0 Å². The average molecular weight is 487 g/mol. The van der Waals surface area contributed by atoms with Crippen LogP contribution in [0.1, 0.15) is 51.0 Å². The molecule has 0 aliphatic heterocycles. The van der Waals surface area contributed by atoms with Crippen LogP contribution in [0, 0.1) is 0 Å². The lowest BCUT2D eigenvalue weighted by atomic mass is 9.95. The van der Waals surface area contributed by atoms with Gasteiger partial charge in [0.2, 0.25) is 5.91 Å². The summed E-state index contributed by atoms with van der Waals surface area (Å²) < 4.78 is 6.67. The van der Waals surface area contributed by atoms with Gasteiger partial charge in [0.05, 0.1) is 0 Å². The summed E-state index contributed by atoms with van der Waals surface area (Å²) in [6.07, 6.45) is 6.11. The fourth-order valence-electron chi connectivity index (χ4n) is 4.00. The third-order valence-corrected chi connectivity index (χ3v) is 6.24. The largest absolute Gasteiger partial charge is 0.484 e. The zero-order chi connectivity index (χ0) is 22.1. The minimum atomic E-state index is -0.525. The Bertz CT molecular complexity index is 836. The number of ether oxygens (including phenoxy) is 1. The lowest BCUT2D eigenvalue weighted by molar-refractivity contribution is -0.143. The van der Waals surface area contributed by atoms with E-state index in [4.69, 9.17) is 4.74 Å². The van der Waals surface area contributed by atoms with Crippen LogP contribution in [-0.4, -0.2) is 35.4 Å². The molecule has 5 nitrogen and oxygen atoms in total. The molecule has 2 aromatic rings. The van der Waals surface area contributed by atoms with Gasteiger partial charge in [-0.15, -0.1) is 0 Å². The second-order valence-corrected chi connectivity index (χ2v) is 8.93. The molecule has 1 saturated carbocycles. The monoisotopic (exact) mass is 486 g/mol. The molecular weight excluding hydrogens is 456 g/mol. The van der Waals surface area contributed by atoms with E-state index in [9.17, 15) is 9.59 Å². The van der Waals surface area contributed by atoms with Gasteiger partial charge in [0.1, 0.15) is 11.8 Å². The van der Waals surface area contributed by atoms with Gasteiger partial charge in [0.15, 0.2) is 6.61 Å². The van der Waals surface area contributed by atoms with Gasteiger partial charge in [-0.2, -0.15) is 0 Å². The number of rotatable bonds is 9. The average Bonchev–Trinajstić information content (AvgIpc) is 2.79. The number of nitrogens with zero attached hydrogens (tertiary/aromatic N) is 1. The van der Waals surface area contributed by atoms with E-state index in [0.717, 1.165) is 35.7 Å². The van der Waals surface area contributed by atoms with Crippen molar-refractivity contribution in [2.75, 3.05) is 6.61 Å². The Morgan fingerprint density at radius 3 is 2.39 bits per heavy atom. The molecule has 1 atom stereocenters. The Labute approximate surface area is 193 Å². The first-order chi connectivity index (χ1) is 15.1. The standard InChI is InChI=1S/C25H31BrN2O3/c1-2-23(25(30)27-21-11-7-4-8-12-21)28(17-19-9-5-3-6-10-19)24(29)18-31-22-15-13-20(26)14-16-22/h3,5-6,9-10,13-16,21,23H,2,4,7-8,11-12,17-18H2,1H3,(H,27,30)/t23-/m0/s1. The van der Waals surface area contributed by atoms with E-state index in [1.807, 2.05) is 61.5 Å². The number of carbonyl (C=O) groups is 2. The zero-order valence-electron chi connectivity index (χ0n) is 18.1. The smallest absolute Gasteiger partial charge is 0.261 e. The number of nitrogens with one attached hydrogen (secondary N) is 1. The van der Waals surface area contributed by atoms with Crippen LogP contribution in [0.25, 0.3) is 0 Å². The van der Waals surface area contributed by atoms with Gasteiger partial charge in [-0.25, -0.2) is 0 Å². The van der Waals surface area contributed by atoms with Crippen molar-refractivity contribution in [2.24, 2.45) is 0 Å². The summed E-state index contributed by atoms with van der Waals surface area (Å²) in [5.74, 6) is 0.357. The fraction of sp³-hybridized carbons (Fsp3) is 0.440. The molecule has 1 fully saturated rings. The van der Waals surface area contributed by atoms with Gasteiger partial charge in [0.25, 0.3) is 5.91 Å². The zero-order valence-corrected chi connectivity index (χ0v) is 19.6. The minimum Gasteiger partial charge on any atom is -0.484 e. The topological polar surface area (TPSA) is 58.6 Å². The number of benzene rings is 2. The molecule has 166 valence electrons. The molecule has 0 heterocycles. The third-order valence-electron chi connectivity index (χ3n) is 5.71. The summed E-state index contributed by atoms with van der Waals surface area (Å²) in [6, 6.07) is 16.8. The van der Waals surface area contributed by atoms with Gasteiger partial charge in [0, 0.05) is 17.1 Å². The first-order valence-corrected chi connectivity index (χ1v) is 11.9. The molecule has 2 amide bonds. The van der Waals surface area contributed by atoms with Crippen LogP contribution in [0.3, 0.4) is 0 Å². The van der Waals surface area contributed by atoms with E-state index in [0.29, 0.717) is 18.7 Å². The first kappa shape index (κ1) is 23.3. The van der Waals surface area contributed by atoms with Gasteiger partial charge < -0.3 is 15.0 Å². The summed E-state index contributed by atoms with van der Waals surface area (Å²) >= 11 is 3.40. The second kappa shape index (κ2) is 11.9. The van der Waals surface area contributed by atoms with Crippen molar-refractivity contribution in [1.82, 2.24) is 10.2 Å². The van der Waals surface area contributed by atoms with E-state index in [-0.39, 0.29) is 24.5 Å². The maximum Gasteiger partial charge on any atom is 0.261 e. The molecule has 1 aliphatic rings. The summed E-state index contributed by atoms with van der Waals surface area (Å²) in [7, 11) is 0. The molecule has 6 heteroatoms. The molecule has 0 aromatic heterocycles. The van der Waals surface area contributed by atoms with Gasteiger partial charge in [-0.3, -0.25) is 9.59 Å². The second-order valence-electron chi connectivity index (χ2n) is 8.02. The Balaban J connectivity index is 1.72. The molecule has 31 heavy (non-hydrogen) atoms. The molecule has 0 bridgehead atoms. The number of carbonyl (C=O) groups excluding carboxylic acids is 2.